The van der Waals surface area contributed by atoms with E-state index in [-0.39, 0.29) is 6.04 Å². The summed E-state index contributed by atoms with van der Waals surface area (Å²) >= 11 is 0. The molecular weight excluding hydrogens is 292 g/mol. The van der Waals surface area contributed by atoms with Gasteiger partial charge in [0.15, 0.2) is 5.65 Å². The van der Waals surface area contributed by atoms with Crippen LogP contribution in [0.4, 0.5) is 4.79 Å². The molecule has 0 aliphatic carbocycles. The molecule has 6 nitrogen and oxygen atoms in total. The van der Waals surface area contributed by atoms with E-state index in [9.17, 15) is 4.79 Å². The summed E-state index contributed by atoms with van der Waals surface area (Å²) in [7, 11) is 0. The topological polar surface area (TPSA) is 79.9 Å². The summed E-state index contributed by atoms with van der Waals surface area (Å²) in [5.41, 5.74) is 2.25. The van der Waals surface area contributed by atoms with E-state index in [0.717, 1.165) is 22.3 Å². The third kappa shape index (κ3) is 5.09. The standard InChI is InChI=1S/C17H24N4O2/c1-11(19-16(22)23-17(3,4)5)7-6-8-13-9-14-12(2)20-21-15(14)18-10-13/h6,8-11H,7H2,1-5H3,(H,19,22)(H,18,20,21)/b8-6+/t11-/m0/s1. The minimum Gasteiger partial charge on any atom is -0.444 e. The van der Waals surface area contributed by atoms with Gasteiger partial charge in [-0.2, -0.15) is 5.10 Å². The fraction of sp³-hybridized carbons (Fsp3) is 0.471. The van der Waals surface area contributed by atoms with E-state index in [1.165, 1.54) is 0 Å². The molecule has 0 radical (unpaired) electrons. The molecule has 1 amide bonds. The van der Waals surface area contributed by atoms with E-state index in [4.69, 9.17) is 4.74 Å². The van der Waals surface area contributed by atoms with Gasteiger partial charge in [-0.05, 0) is 52.7 Å². The zero-order valence-corrected chi connectivity index (χ0v) is 14.3. The third-order valence-corrected chi connectivity index (χ3v) is 3.18. The number of aryl methyl sites for hydroxylation is 1. The van der Waals surface area contributed by atoms with Crippen molar-refractivity contribution in [3.63, 3.8) is 0 Å². The van der Waals surface area contributed by atoms with Gasteiger partial charge in [0.2, 0.25) is 0 Å². The predicted molar refractivity (Wildman–Crippen MR) is 91.1 cm³/mol. The smallest absolute Gasteiger partial charge is 0.407 e. The van der Waals surface area contributed by atoms with Crippen molar-refractivity contribution in [2.45, 2.75) is 52.7 Å². The first-order valence-electron chi connectivity index (χ1n) is 7.71. The van der Waals surface area contributed by atoms with Crippen molar-refractivity contribution < 1.29 is 9.53 Å². The zero-order valence-electron chi connectivity index (χ0n) is 14.3. The highest BCUT2D eigenvalue weighted by atomic mass is 16.6. The molecule has 1 atom stereocenters. The molecule has 0 saturated heterocycles. The van der Waals surface area contributed by atoms with Gasteiger partial charge in [-0.3, -0.25) is 5.10 Å². The summed E-state index contributed by atoms with van der Waals surface area (Å²) in [6.07, 6.45) is 6.11. The van der Waals surface area contributed by atoms with Crippen molar-refractivity contribution in [2.75, 3.05) is 0 Å². The van der Waals surface area contributed by atoms with Crippen LogP contribution in [0, 0.1) is 6.92 Å². The van der Waals surface area contributed by atoms with Crippen LogP contribution in [0.5, 0.6) is 0 Å². The highest BCUT2D eigenvalue weighted by Gasteiger charge is 2.17. The second-order valence-corrected chi connectivity index (χ2v) is 6.67. The first kappa shape index (κ1) is 17.0. The van der Waals surface area contributed by atoms with Gasteiger partial charge in [0, 0.05) is 23.3 Å². The number of carbonyl (C=O) groups excluding carboxylic acids is 1. The zero-order chi connectivity index (χ0) is 17.0. The number of pyridine rings is 1. The Labute approximate surface area is 136 Å². The molecule has 2 rings (SSSR count). The van der Waals surface area contributed by atoms with Crippen molar-refractivity contribution in [1.29, 1.82) is 0 Å². The SMILES string of the molecule is Cc1[nH]nc2ncc(/C=C/C[C@H](C)NC(=O)OC(C)(C)C)cc12. The van der Waals surface area contributed by atoms with E-state index < -0.39 is 11.7 Å². The number of carbonyl (C=O) groups is 1. The minimum atomic E-state index is -0.483. The van der Waals surface area contributed by atoms with Gasteiger partial charge in [0.1, 0.15) is 5.60 Å². The number of aromatic nitrogens is 3. The first-order chi connectivity index (χ1) is 10.7. The number of hydrogen-bond donors (Lipinski definition) is 2. The fourth-order valence-corrected chi connectivity index (χ4v) is 2.10. The summed E-state index contributed by atoms with van der Waals surface area (Å²) in [6.45, 7) is 9.45. The van der Waals surface area contributed by atoms with Gasteiger partial charge in [-0.25, -0.2) is 9.78 Å². The van der Waals surface area contributed by atoms with Crippen molar-refractivity contribution >= 4 is 23.2 Å². The van der Waals surface area contributed by atoms with Gasteiger partial charge in [-0.15, -0.1) is 0 Å². The monoisotopic (exact) mass is 316 g/mol. The Kier molecular flexibility index (Phi) is 5.03. The molecule has 0 spiro atoms. The molecule has 0 aliphatic rings. The molecule has 6 heteroatoms. The number of ether oxygens (including phenoxy) is 1. The van der Waals surface area contributed by atoms with Crippen molar-refractivity contribution in [3.05, 3.63) is 29.6 Å². The van der Waals surface area contributed by atoms with Crippen LogP contribution < -0.4 is 5.32 Å². The summed E-state index contributed by atoms with van der Waals surface area (Å²) < 4.78 is 5.23. The Bertz CT molecular complexity index is 713. The quantitative estimate of drug-likeness (QED) is 0.903. The molecule has 0 aliphatic heterocycles. The highest BCUT2D eigenvalue weighted by Crippen LogP contribution is 2.15. The summed E-state index contributed by atoms with van der Waals surface area (Å²) in [5, 5.41) is 10.9. The Hall–Kier alpha value is -2.37. The van der Waals surface area contributed by atoms with Crippen molar-refractivity contribution in [2.24, 2.45) is 0 Å². The van der Waals surface area contributed by atoms with Gasteiger partial charge in [0.25, 0.3) is 0 Å². The van der Waals surface area contributed by atoms with Gasteiger partial charge >= 0.3 is 6.09 Å². The maximum atomic E-state index is 11.7. The number of H-pyrrole nitrogens is 1. The minimum absolute atomic E-state index is 0.00606. The van der Waals surface area contributed by atoms with Crippen molar-refractivity contribution in [1.82, 2.24) is 20.5 Å². The average Bonchev–Trinajstić information content (AvgIpc) is 2.78. The largest absolute Gasteiger partial charge is 0.444 e. The lowest BCUT2D eigenvalue weighted by Gasteiger charge is -2.21. The number of amides is 1. The molecule has 0 fully saturated rings. The number of alkyl carbamates (subject to hydrolysis) is 1. The third-order valence-electron chi connectivity index (χ3n) is 3.18. The van der Waals surface area contributed by atoms with Gasteiger partial charge in [0.05, 0.1) is 0 Å². The summed E-state index contributed by atoms with van der Waals surface area (Å²) in [5.74, 6) is 0. The second-order valence-electron chi connectivity index (χ2n) is 6.67. The molecule has 2 N–H and O–H groups in total. The summed E-state index contributed by atoms with van der Waals surface area (Å²) in [6, 6.07) is 2.04. The van der Waals surface area contributed by atoms with Crippen LogP contribution >= 0.6 is 0 Å². The second kappa shape index (κ2) is 6.81. The van der Waals surface area contributed by atoms with Crippen LogP contribution in [0.3, 0.4) is 0 Å². The molecule has 124 valence electrons. The van der Waals surface area contributed by atoms with Gasteiger partial charge in [-0.1, -0.05) is 12.2 Å². The van der Waals surface area contributed by atoms with E-state index in [0.29, 0.717) is 6.42 Å². The number of hydrogen-bond acceptors (Lipinski definition) is 4. The lowest BCUT2D eigenvalue weighted by molar-refractivity contribution is 0.0509. The highest BCUT2D eigenvalue weighted by molar-refractivity contribution is 5.79. The van der Waals surface area contributed by atoms with E-state index in [1.807, 2.05) is 52.8 Å². The maximum absolute atomic E-state index is 11.7. The fourth-order valence-electron chi connectivity index (χ4n) is 2.10. The average molecular weight is 316 g/mol. The first-order valence-corrected chi connectivity index (χ1v) is 7.71. The number of aromatic amines is 1. The lowest BCUT2D eigenvalue weighted by Crippen LogP contribution is -2.37. The molecule has 0 bridgehead atoms. The van der Waals surface area contributed by atoms with E-state index in [2.05, 4.69) is 20.5 Å². The van der Waals surface area contributed by atoms with Crippen molar-refractivity contribution in [3.8, 4) is 0 Å². The van der Waals surface area contributed by atoms with E-state index >= 15 is 0 Å². The Morgan fingerprint density at radius 3 is 2.91 bits per heavy atom. The molecule has 23 heavy (non-hydrogen) atoms. The van der Waals surface area contributed by atoms with E-state index in [1.54, 1.807) is 6.20 Å². The Balaban J connectivity index is 1.89. The van der Waals surface area contributed by atoms with Gasteiger partial charge < -0.3 is 10.1 Å². The Morgan fingerprint density at radius 1 is 1.48 bits per heavy atom. The maximum Gasteiger partial charge on any atom is 0.407 e. The normalized spacial score (nSPS) is 13.4. The molecule has 2 heterocycles. The van der Waals surface area contributed by atoms with Crippen LogP contribution in [0.1, 0.15) is 45.4 Å². The van der Waals surface area contributed by atoms with Crippen LogP contribution in [-0.4, -0.2) is 32.9 Å². The number of fused-ring (bicyclic) bond motifs is 1. The predicted octanol–water partition coefficient (Wildman–Crippen LogP) is 3.58. The van der Waals surface area contributed by atoms with Crippen LogP contribution in [-0.2, 0) is 4.74 Å². The molecule has 0 saturated carbocycles. The summed E-state index contributed by atoms with van der Waals surface area (Å²) in [4.78, 5) is 16.0. The van der Waals surface area contributed by atoms with Crippen LogP contribution in [0.2, 0.25) is 0 Å². The number of nitrogens with zero attached hydrogens (tertiary/aromatic N) is 2. The van der Waals surface area contributed by atoms with Crippen LogP contribution in [0.25, 0.3) is 17.1 Å². The lowest BCUT2D eigenvalue weighted by atomic mass is 10.1. The molecule has 0 unspecified atom stereocenters. The number of nitrogens with one attached hydrogen (secondary N) is 2. The molecule has 0 aromatic carbocycles. The molecule has 2 aromatic heterocycles. The molecule has 2 aromatic rings. The Morgan fingerprint density at radius 2 is 2.22 bits per heavy atom. The molecular formula is C17H24N4O2. The number of rotatable bonds is 4. The van der Waals surface area contributed by atoms with Crippen LogP contribution in [0.15, 0.2) is 18.3 Å².